The number of carboxylic acids is 1. The molecular formula is C20H14Cl2N2O5. The van der Waals surface area contributed by atoms with E-state index >= 15 is 0 Å². The van der Waals surface area contributed by atoms with Crippen molar-refractivity contribution in [2.75, 3.05) is 7.11 Å². The second-order valence-electron chi connectivity index (χ2n) is 5.79. The zero-order chi connectivity index (χ0) is 21.0. The van der Waals surface area contributed by atoms with Crippen LogP contribution in [0.15, 0.2) is 52.0 Å². The van der Waals surface area contributed by atoms with Crippen LogP contribution in [0.5, 0.6) is 0 Å². The maximum Gasteiger partial charge on any atom is 0.343 e. The molecule has 2 aromatic carbocycles. The summed E-state index contributed by atoms with van der Waals surface area (Å²) in [5.41, 5.74) is 1.36. The van der Waals surface area contributed by atoms with Crippen LogP contribution in [0.4, 0.5) is 5.69 Å². The van der Waals surface area contributed by atoms with Crippen molar-refractivity contribution in [1.29, 1.82) is 0 Å². The van der Waals surface area contributed by atoms with E-state index < -0.39 is 11.9 Å². The first kappa shape index (κ1) is 20.6. The molecule has 0 aliphatic rings. The number of aliphatic imine (C=N–C) groups is 1. The van der Waals surface area contributed by atoms with E-state index in [1.807, 2.05) is 0 Å². The van der Waals surface area contributed by atoms with Gasteiger partial charge in [0.25, 0.3) is 0 Å². The molecular weight excluding hydrogens is 419 g/mol. The van der Waals surface area contributed by atoms with E-state index in [2.05, 4.69) is 10.1 Å². The van der Waals surface area contributed by atoms with Gasteiger partial charge in [0.15, 0.2) is 5.76 Å². The van der Waals surface area contributed by atoms with Gasteiger partial charge in [-0.15, -0.1) is 0 Å². The van der Waals surface area contributed by atoms with Crippen LogP contribution in [0.3, 0.4) is 0 Å². The first-order valence-corrected chi connectivity index (χ1v) is 9.05. The molecule has 9 heteroatoms. The van der Waals surface area contributed by atoms with Crippen molar-refractivity contribution in [3.8, 4) is 11.3 Å². The second kappa shape index (κ2) is 8.89. The molecule has 0 spiro atoms. The summed E-state index contributed by atoms with van der Waals surface area (Å²) in [4.78, 5) is 27.5. The normalized spacial score (nSPS) is 11.0. The van der Waals surface area contributed by atoms with Crippen molar-refractivity contribution >= 4 is 47.0 Å². The largest absolute Gasteiger partial charge is 0.478 e. The lowest BCUT2D eigenvalue weighted by atomic mass is 10.0. The summed E-state index contributed by atoms with van der Waals surface area (Å²) < 4.78 is 10.2. The molecule has 0 saturated heterocycles. The molecule has 0 saturated carbocycles. The Morgan fingerprint density at radius 1 is 1.17 bits per heavy atom. The number of carbonyl (C=O) groups excluding carboxylic acids is 1. The Morgan fingerprint density at radius 3 is 2.41 bits per heavy atom. The van der Waals surface area contributed by atoms with Gasteiger partial charge in [0, 0.05) is 18.2 Å². The summed E-state index contributed by atoms with van der Waals surface area (Å²) >= 11 is 12.5. The third-order valence-electron chi connectivity index (χ3n) is 3.98. The minimum atomic E-state index is -1.02. The highest BCUT2D eigenvalue weighted by Crippen LogP contribution is 2.37. The minimum Gasteiger partial charge on any atom is -0.478 e. The lowest BCUT2D eigenvalue weighted by molar-refractivity contribution is 0.0598. The monoisotopic (exact) mass is 432 g/mol. The van der Waals surface area contributed by atoms with Crippen molar-refractivity contribution in [1.82, 2.24) is 5.16 Å². The molecule has 1 aromatic heterocycles. The maximum absolute atomic E-state index is 12.3. The Balaban J connectivity index is 1.91. The molecule has 3 rings (SSSR count). The standard InChI is InChI=1S/C20H14Cl2N2O5/c1-28-20(27)17-15(9-10-23-12-7-5-11(6-8-12)19(25)26)29-24-18(17)16-13(21)3-2-4-14(16)22/h2-8,10H,9H2,1H3,(H,25,26). The average molecular weight is 433 g/mol. The Morgan fingerprint density at radius 2 is 1.83 bits per heavy atom. The number of carboxylic acid groups (broad SMARTS) is 1. The summed E-state index contributed by atoms with van der Waals surface area (Å²) in [6.07, 6.45) is 1.65. The zero-order valence-electron chi connectivity index (χ0n) is 15.1. The number of methoxy groups -OCH3 is 1. The van der Waals surface area contributed by atoms with Gasteiger partial charge in [-0.2, -0.15) is 0 Å². The fourth-order valence-electron chi connectivity index (χ4n) is 2.59. The van der Waals surface area contributed by atoms with Crippen LogP contribution in [-0.2, 0) is 11.2 Å². The van der Waals surface area contributed by atoms with Crippen molar-refractivity contribution in [2.24, 2.45) is 4.99 Å². The van der Waals surface area contributed by atoms with Crippen LogP contribution >= 0.6 is 23.2 Å². The van der Waals surface area contributed by atoms with Crippen molar-refractivity contribution in [3.63, 3.8) is 0 Å². The number of nitrogens with zero attached hydrogens (tertiary/aromatic N) is 2. The summed E-state index contributed by atoms with van der Waals surface area (Å²) in [6, 6.07) is 10.9. The molecule has 148 valence electrons. The molecule has 0 unspecified atom stereocenters. The SMILES string of the molecule is COC(=O)c1c(-c2c(Cl)cccc2Cl)noc1CC=Nc1ccc(C(=O)O)cc1. The highest BCUT2D eigenvalue weighted by Gasteiger charge is 2.26. The van der Waals surface area contributed by atoms with Gasteiger partial charge >= 0.3 is 11.9 Å². The van der Waals surface area contributed by atoms with Crippen LogP contribution in [0.25, 0.3) is 11.3 Å². The fourth-order valence-corrected chi connectivity index (χ4v) is 3.17. The van der Waals surface area contributed by atoms with E-state index in [9.17, 15) is 9.59 Å². The van der Waals surface area contributed by atoms with Crippen LogP contribution in [0, 0.1) is 0 Å². The number of carbonyl (C=O) groups is 2. The Kier molecular flexibility index (Phi) is 6.31. The van der Waals surface area contributed by atoms with Crippen molar-refractivity contribution in [3.05, 3.63) is 69.4 Å². The first-order valence-electron chi connectivity index (χ1n) is 8.29. The summed E-state index contributed by atoms with van der Waals surface area (Å²) in [7, 11) is 1.25. The molecule has 29 heavy (non-hydrogen) atoms. The van der Waals surface area contributed by atoms with Crippen LogP contribution in [0.1, 0.15) is 26.5 Å². The molecule has 3 aromatic rings. The first-order chi connectivity index (χ1) is 13.9. The third kappa shape index (κ3) is 4.47. The van der Waals surface area contributed by atoms with Crippen molar-refractivity contribution in [2.45, 2.75) is 6.42 Å². The fraction of sp³-hybridized carbons (Fsp3) is 0.100. The van der Waals surface area contributed by atoms with Gasteiger partial charge < -0.3 is 14.4 Å². The molecule has 7 nitrogen and oxygen atoms in total. The maximum atomic E-state index is 12.3. The van der Waals surface area contributed by atoms with E-state index in [-0.39, 0.29) is 29.0 Å². The molecule has 0 radical (unpaired) electrons. The number of halogens is 2. The zero-order valence-corrected chi connectivity index (χ0v) is 16.6. The summed E-state index contributed by atoms with van der Waals surface area (Å²) in [5.74, 6) is -1.43. The Bertz CT molecular complexity index is 1070. The topological polar surface area (TPSA) is 102 Å². The highest BCUT2D eigenvalue weighted by atomic mass is 35.5. The van der Waals surface area contributed by atoms with Crippen LogP contribution < -0.4 is 0 Å². The lowest BCUT2D eigenvalue weighted by Crippen LogP contribution is -2.06. The van der Waals surface area contributed by atoms with Crippen LogP contribution in [0.2, 0.25) is 10.0 Å². The van der Waals surface area contributed by atoms with Gasteiger partial charge in [0.05, 0.1) is 28.4 Å². The number of aromatic nitrogens is 1. The number of rotatable bonds is 6. The van der Waals surface area contributed by atoms with Gasteiger partial charge in [-0.3, -0.25) is 4.99 Å². The van der Waals surface area contributed by atoms with Gasteiger partial charge in [0.1, 0.15) is 11.3 Å². The van der Waals surface area contributed by atoms with E-state index in [4.69, 9.17) is 37.6 Å². The molecule has 1 heterocycles. The Labute approximate surface area is 175 Å². The van der Waals surface area contributed by atoms with E-state index in [0.29, 0.717) is 21.3 Å². The number of ether oxygens (including phenoxy) is 1. The summed E-state index contributed by atoms with van der Waals surface area (Å²) in [6.45, 7) is 0. The quantitative estimate of drug-likeness (QED) is 0.430. The van der Waals surface area contributed by atoms with Crippen molar-refractivity contribution < 1.29 is 24.0 Å². The highest BCUT2D eigenvalue weighted by molar-refractivity contribution is 6.39. The van der Waals surface area contributed by atoms with Crippen LogP contribution in [-0.4, -0.2) is 35.5 Å². The predicted octanol–water partition coefficient (Wildman–Crippen LogP) is 5.08. The number of hydrogen-bond donors (Lipinski definition) is 1. The van der Waals surface area contributed by atoms with Gasteiger partial charge in [0.2, 0.25) is 0 Å². The van der Waals surface area contributed by atoms with Gasteiger partial charge in [-0.05, 0) is 36.4 Å². The molecule has 1 N–H and O–H groups in total. The van der Waals surface area contributed by atoms with Gasteiger partial charge in [-0.1, -0.05) is 34.4 Å². The minimum absolute atomic E-state index is 0.107. The van der Waals surface area contributed by atoms with E-state index in [1.54, 1.807) is 30.3 Å². The second-order valence-corrected chi connectivity index (χ2v) is 6.60. The average Bonchev–Trinajstić information content (AvgIpc) is 3.11. The molecule has 0 aliphatic carbocycles. The number of hydrogen-bond acceptors (Lipinski definition) is 6. The predicted molar refractivity (Wildman–Crippen MR) is 109 cm³/mol. The van der Waals surface area contributed by atoms with Gasteiger partial charge in [-0.25, -0.2) is 9.59 Å². The lowest BCUT2D eigenvalue weighted by Gasteiger charge is -2.05. The molecule has 0 aliphatic heterocycles. The Hall–Kier alpha value is -3.16. The third-order valence-corrected chi connectivity index (χ3v) is 4.61. The molecule has 0 atom stereocenters. The molecule has 0 amide bonds. The van der Waals surface area contributed by atoms with E-state index in [0.717, 1.165) is 0 Å². The summed E-state index contributed by atoms with van der Waals surface area (Å²) in [5, 5.41) is 13.5. The van der Waals surface area contributed by atoms with E-state index in [1.165, 1.54) is 25.5 Å². The number of aromatic carboxylic acids is 1. The molecule has 0 fully saturated rings. The number of benzene rings is 2. The number of esters is 1. The smallest absolute Gasteiger partial charge is 0.343 e. The molecule has 0 bridgehead atoms.